The minimum absolute atomic E-state index is 0.0580. The zero-order valence-corrected chi connectivity index (χ0v) is 12.2. The molecule has 1 amide bonds. The van der Waals surface area contributed by atoms with Crippen LogP contribution in [0.4, 0.5) is 10.1 Å². The van der Waals surface area contributed by atoms with Crippen LogP contribution in [0.25, 0.3) is 0 Å². The minimum Gasteiger partial charge on any atom is -0.399 e. The van der Waals surface area contributed by atoms with Crippen LogP contribution in [0.15, 0.2) is 23.1 Å². The normalized spacial score (nSPS) is 12.2. The number of nitrogen functional groups attached to an aromatic ring is 1. The van der Waals surface area contributed by atoms with Gasteiger partial charge < -0.3 is 11.1 Å². The molecule has 1 unspecified atom stereocenters. The first-order valence-corrected chi connectivity index (χ1v) is 7.42. The molecular formula is C14H21FN2OS. The summed E-state index contributed by atoms with van der Waals surface area (Å²) in [6.07, 6.45) is 3.21. The SMILES string of the molecule is CCCCCNC(=O)C(C)Sc1ccc(N)cc1F. The van der Waals surface area contributed by atoms with Gasteiger partial charge in [0.15, 0.2) is 0 Å². The zero-order valence-electron chi connectivity index (χ0n) is 11.4. The largest absolute Gasteiger partial charge is 0.399 e. The van der Waals surface area contributed by atoms with Gasteiger partial charge in [0.05, 0.1) is 5.25 Å². The molecule has 0 bridgehead atoms. The predicted octanol–water partition coefficient (Wildman–Crippen LogP) is 3.19. The molecule has 1 aromatic carbocycles. The number of rotatable bonds is 7. The molecule has 19 heavy (non-hydrogen) atoms. The summed E-state index contributed by atoms with van der Waals surface area (Å²) in [6.45, 7) is 4.57. The van der Waals surface area contributed by atoms with Crippen LogP contribution < -0.4 is 11.1 Å². The molecule has 3 N–H and O–H groups in total. The number of thioether (sulfide) groups is 1. The Labute approximate surface area is 118 Å². The van der Waals surface area contributed by atoms with Crippen LogP contribution in [0.2, 0.25) is 0 Å². The van der Waals surface area contributed by atoms with Gasteiger partial charge in [-0.2, -0.15) is 0 Å². The molecule has 0 saturated heterocycles. The molecule has 0 radical (unpaired) electrons. The van der Waals surface area contributed by atoms with E-state index in [1.165, 1.54) is 17.8 Å². The van der Waals surface area contributed by atoms with Crippen molar-refractivity contribution in [2.45, 2.75) is 43.3 Å². The first-order valence-electron chi connectivity index (χ1n) is 6.54. The van der Waals surface area contributed by atoms with E-state index in [0.29, 0.717) is 17.1 Å². The van der Waals surface area contributed by atoms with Crippen LogP contribution in [-0.2, 0) is 4.79 Å². The third-order valence-electron chi connectivity index (χ3n) is 2.71. The van der Waals surface area contributed by atoms with Gasteiger partial charge >= 0.3 is 0 Å². The van der Waals surface area contributed by atoms with Gasteiger partial charge in [-0.3, -0.25) is 4.79 Å². The number of carbonyl (C=O) groups excluding carboxylic acids is 1. The van der Waals surface area contributed by atoms with Crippen molar-refractivity contribution in [2.75, 3.05) is 12.3 Å². The van der Waals surface area contributed by atoms with Crippen molar-refractivity contribution >= 4 is 23.4 Å². The summed E-state index contributed by atoms with van der Waals surface area (Å²) >= 11 is 1.21. The van der Waals surface area contributed by atoms with E-state index in [-0.39, 0.29) is 17.0 Å². The smallest absolute Gasteiger partial charge is 0.233 e. The van der Waals surface area contributed by atoms with Gasteiger partial charge in [0.1, 0.15) is 5.82 Å². The highest BCUT2D eigenvalue weighted by Gasteiger charge is 2.15. The van der Waals surface area contributed by atoms with E-state index in [4.69, 9.17) is 5.73 Å². The number of nitrogens with two attached hydrogens (primary N) is 1. The Hall–Kier alpha value is -1.23. The van der Waals surface area contributed by atoms with Gasteiger partial charge in [-0.05, 0) is 31.5 Å². The van der Waals surface area contributed by atoms with E-state index in [1.807, 2.05) is 0 Å². The fraction of sp³-hybridized carbons (Fsp3) is 0.500. The van der Waals surface area contributed by atoms with Crippen molar-refractivity contribution in [2.24, 2.45) is 0 Å². The maximum atomic E-state index is 13.6. The summed E-state index contributed by atoms with van der Waals surface area (Å²) in [6, 6.07) is 4.52. The second-order valence-corrected chi connectivity index (χ2v) is 5.83. The summed E-state index contributed by atoms with van der Waals surface area (Å²) < 4.78 is 13.6. The van der Waals surface area contributed by atoms with Gasteiger partial charge in [0.25, 0.3) is 0 Å². The number of halogens is 1. The Balaban J connectivity index is 2.45. The number of anilines is 1. The first-order chi connectivity index (χ1) is 9.04. The topological polar surface area (TPSA) is 55.1 Å². The van der Waals surface area contributed by atoms with Gasteiger partial charge in [-0.25, -0.2) is 4.39 Å². The summed E-state index contributed by atoms with van der Waals surface area (Å²) in [5.74, 6) is -0.437. The van der Waals surface area contributed by atoms with Crippen LogP contribution >= 0.6 is 11.8 Å². The van der Waals surface area contributed by atoms with Crippen molar-refractivity contribution in [1.29, 1.82) is 0 Å². The maximum Gasteiger partial charge on any atom is 0.233 e. The van der Waals surface area contributed by atoms with Gasteiger partial charge in [-0.1, -0.05) is 19.8 Å². The van der Waals surface area contributed by atoms with Gasteiger partial charge in [0.2, 0.25) is 5.91 Å². The van der Waals surface area contributed by atoms with Crippen molar-refractivity contribution in [3.8, 4) is 0 Å². The molecule has 0 aliphatic heterocycles. The Bertz CT molecular complexity index is 426. The maximum absolute atomic E-state index is 13.6. The van der Waals surface area contributed by atoms with Crippen molar-refractivity contribution in [3.63, 3.8) is 0 Å². The lowest BCUT2D eigenvalue weighted by Gasteiger charge is -2.12. The molecule has 0 fully saturated rings. The fourth-order valence-electron chi connectivity index (χ4n) is 1.59. The van der Waals surface area contributed by atoms with Crippen molar-refractivity contribution in [3.05, 3.63) is 24.0 Å². The number of hydrogen-bond acceptors (Lipinski definition) is 3. The first kappa shape index (κ1) is 15.8. The van der Waals surface area contributed by atoms with E-state index >= 15 is 0 Å². The second kappa shape index (κ2) is 8.04. The van der Waals surface area contributed by atoms with Crippen LogP contribution in [0.3, 0.4) is 0 Å². The van der Waals surface area contributed by atoms with Gasteiger partial charge in [-0.15, -0.1) is 11.8 Å². The molecule has 1 aromatic rings. The molecule has 0 heterocycles. The lowest BCUT2D eigenvalue weighted by molar-refractivity contribution is -0.120. The lowest BCUT2D eigenvalue weighted by Crippen LogP contribution is -2.31. The van der Waals surface area contributed by atoms with Crippen molar-refractivity contribution in [1.82, 2.24) is 5.32 Å². The molecule has 5 heteroatoms. The van der Waals surface area contributed by atoms with Crippen LogP contribution in [0.1, 0.15) is 33.1 Å². The van der Waals surface area contributed by atoms with E-state index in [0.717, 1.165) is 19.3 Å². The third-order valence-corrected chi connectivity index (χ3v) is 3.86. The average molecular weight is 284 g/mol. The molecule has 0 saturated carbocycles. The molecule has 0 aliphatic rings. The van der Waals surface area contributed by atoms with E-state index in [9.17, 15) is 9.18 Å². The lowest BCUT2D eigenvalue weighted by atomic mass is 10.2. The summed E-state index contributed by atoms with van der Waals surface area (Å²) in [7, 11) is 0. The molecule has 106 valence electrons. The second-order valence-electron chi connectivity index (χ2n) is 4.45. The zero-order chi connectivity index (χ0) is 14.3. The highest BCUT2D eigenvalue weighted by Crippen LogP contribution is 2.27. The van der Waals surface area contributed by atoms with Crippen molar-refractivity contribution < 1.29 is 9.18 Å². The average Bonchev–Trinajstić information content (AvgIpc) is 2.37. The molecule has 3 nitrogen and oxygen atoms in total. The molecule has 1 rings (SSSR count). The highest BCUT2D eigenvalue weighted by atomic mass is 32.2. The van der Waals surface area contributed by atoms with Crippen LogP contribution in [0, 0.1) is 5.82 Å². The number of hydrogen-bond donors (Lipinski definition) is 2. The summed E-state index contributed by atoms with van der Waals surface area (Å²) in [5.41, 5.74) is 5.87. The molecular weight excluding hydrogens is 263 g/mol. The van der Waals surface area contributed by atoms with E-state index in [2.05, 4.69) is 12.2 Å². The van der Waals surface area contributed by atoms with E-state index < -0.39 is 0 Å². The monoisotopic (exact) mass is 284 g/mol. The highest BCUT2D eigenvalue weighted by molar-refractivity contribution is 8.00. The number of amides is 1. The number of benzene rings is 1. The third kappa shape index (κ3) is 5.51. The summed E-state index contributed by atoms with van der Waals surface area (Å²) in [5, 5.41) is 2.54. The van der Waals surface area contributed by atoms with Gasteiger partial charge in [0, 0.05) is 17.1 Å². The van der Waals surface area contributed by atoms with Crippen LogP contribution in [0.5, 0.6) is 0 Å². The Morgan fingerprint density at radius 3 is 2.84 bits per heavy atom. The molecule has 0 aliphatic carbocycles. The number of unbranched alkanes of at least 4 members (excludes halogenated alkanes) is 2. The molecule has 1 atom stereocenters. The Morgan fingerprint density at radius 1 is 1.47 bits per heavy atom. The number of carbonyl (C=O) groups is 1. The Kier molecular flexibility index (Phi) is 6.70. The quantitative estimate of drug-likeness (QED) is 0.459. The minimum atomic E-state index is -0.379. The standard InChI is InChI=1S/C14H21FN2OS/c1-3-4-5-8-17-14(18)10(2)19-13-7-6-11(16)9-12(13)15/h6-7,9-10H,3-5,8,16H2,1-2H3,(H,17,18). The fourth-order valence-corrected chi connectivity index (χ4v) is 2.48. The van der Waals surface area contributed by atoms with E-state index in [1.54, 1.807) is 19.1 Å². The molecule has 0 spiro atoms. The molecule has 0 aromatic heterocycles. The van der Waals surface area contributed by atoms with Crippen LogP contribution in [-0.4, -0.2) is 17.7 Å². The Morgan fingerprint density at radius 2 is 2.21 bits per heavy atom. The summed E-state index contributed by atoms with van der Waals surface area (Å²) in [4.78, 5) is 12.3. The number of nitrogens with one attached hydrogen (secondary N) is 1. The predicted molar refractivity (Wildman–Crippen MR) is 78.7 cm³/mol.